The highest BCUT2D eigenvalue weighted by molar-refractivity contribution is 7.98. The van der Waals surface area contributed by atoms with Gasteiger partial charge in [-0.05, 0) is 0 Å². The molecule has 1 aliphatic rings. The summed E-state index contributed by atoms with van der Waals surface area (Å²) in [6, 6.07) is 0. The zero-order valence-electron chi connectivity index (χ0n) is 5.48. The molecule has 0 aromatic carbocycles. The Labute approximate surface area is 68.4 Å². The molecule has 0 saturated carbocycles. The number of hydroxylamine groups is 2. The van der Waals surface area contributed by atoms with Gasteiger partial charge < -0.3 is 10.2 Å². The van der Waals surface area contributed by atoms with Gasteiger partial charge >= 0.3 is 5.97 Å². The van der Waals surface area contributed by atoms with Gasteiger partial charge in [-0.25, -0.2) is 4.79 Å². The summed E-state index contributed by atoms with van der Waals surface area (Å²) < 4.78 is 0. The summed E-state index contributed by atoms with van der Waals surface area (Å²) in [5.74, 6) is -0.985. The van der Waals surface area contributed by atoms with E-state index in [1.165, 1.54) is 11.3 Å². The zero-order valence-corrected chi connectivity index (χ0v) is 6.38. The number of nitrogens with zero attached hydrogens (tertiary/aromatic N) is 1. The smallest absolute Gasteiger partial charge is 0.370 e. The van der Waals surface area contributed by atoms with Crippen molar-refractivity contribution < 1.29 is 14.4 Å². The van der Waals surface area contributed by atoms with Crippen LogP contribution in [-0.2, 0) is 14.4 Å². The number of carbonyl (C=O) groups excluding carboxylic acids is 2. The maximum atomic E-state index is 10.5. The van der Waals surface area contributed by atoms with Crippen LogP contribution in [0, 0.1) is 0 Å². The second-order valence-electron chi connectivity index (χ2n) is 1.78. The van der Waals surface area contributed by atoms with Gasteiger partial charge in [0.1, 0.15) is 6.67 Å². The lowest BCUT2D eigenvalue weighted by Crippen LogP contribution is -2.26. The van der Waals surface area contributed by atoms with E-state index in [9.17, 15) is 9.59 Å². The largest absolute Gasteiger partial charge is 0.409 e. The van der Waals surface area contributed by atoms with Crippen LogP contribution in [0.4, 0.5) is 0 Å². The summed E-state index contributed by atoms with van der Waals surface area (Å²) in [6.07, 6.45) is 3.09. The minimum Gasteiger partial charge on any atom is -0.370 e. The molecule has 0 fully saturated rings. The summed E-state index contributed by atoms with van der Waals surface area (Å²) in [7, 11) is 0. The van der Waals surface area contributed by atoms with E-state index in [1.807, 2.05) is 0 Å². The molecule has 0 aliphatic carbocycles. The lowest BCUT2D eigenvalue weighted by Gasteiger charge is -2.11. The molecule has 1 rings (SSSR count). The average Bonchev–Trinajstić information content (AvgIpc) is 2.39. The van der Waals surface area contributed by atoms with E-state index in [0.29, 0.717) is 6.67 Å². The standard InChI is InChI=1S/C5H6N2O3S/c8-4(5(9)11)10-7-2-1-6-3-7/h1-2,6H,3H2,(H,9,11). The fourth-order valence-corrected chi connectivity index (χ4v) is 0.580. The van der Waals surface area contributed by atoms with Crippen LogP contribution in [0.15, 0.2) is 12.4 Å². The summed E-state index contributed by atoms with van der Waals surface area (Å²) in [6.45, 7) is 0.354. The lowest BCUT2D eigenvalue weighted by molar-refractivity contribution is -0.177. The molecule has 1 aliphatic heterocycles. The lowest BCUT2D eigenvalue weighted by atomic mass is 10.8. The third-order valence-corrected chi connectivity index (χ3v) is 1.16. The minimum absolute atomic E-state index is 0.354. The Morgan fingerprint density at radius 1 is 1.64 bits per heavy atom. The molecule has 11 heavy (non-hydrogen) atoms. The quantitative estimate of drug-likeness (QED) is 0.425. The Hall–Kier alpha value is -1.17. The molecular weight excluding hydrogens is 168 g/mol. The number of nitrogens with one attached hydrogen (secondary N) is 1. The van der Waals surface area contributed by atoms with Gasteiger partial charge in [-0.1, -0.05) is 12.6 Å². The molecule has 1 heterocycles. The first-order valence-electron chi connectivity index (χ1n) is 2.82. The highest BCUT2D eigenvalue weighted by Gasteiger charge is 2.15. The molecule has 0 saturated heterocycles. The van der Waals surface area contributed by atoms with Crippen LogP contribution in [0.3, 0.4) is 0 Å². The van der Waals surface area contributed by atoms with Crippen LogP contribution < -0.4 is 5.32 Å². The number of thiol groups is 1. The second kappa shape index (κ2) is 3.29. The van der Waals surface area contributed by atoms with Gasteiger partial charge in [0, 0.05) is 6.20 Å². The van der Waals surface area contributed by atoms with Crippen molar-refractivity contribution in [1.82, 2.24) is 10.4 Å². The number of hydrogen-bond acceptors (Lipinski definition) is 5. The maximum Gasteiger partial charge on any atom is 0.409 e. The van der Waals surface area contributed by atoms with E-state index in [-0.39, 0.29) is 0 Å². The average molecular weight is 174 g/mol. The first kappa shape index (κ1) is 7.93. The molecule has 0 aromatic rings. The number of hydrogen-bond donors (Lipinski definition) is 2. The Morgan fingerprint density at radius 2 is 2.36 bits per heavy atom. The van der Waals surface area contributed by atoms with E-state index < -0.39 is 11.1 Å². The Morgan fingerprint density at radius 3 is 2.82 bits per heavy atom. The van der Waals surface area contributed by atoms with Gasteiger partial charge in [-0.2, -0.15) is 5.06 Å². The third-order valence-electron chi connectivity index (χ3n) is 0.981. The van der Waals surface area contributed by atoms with Gasteiger partial charge in [0.05, 0.1) is 6.20 Å². The molecule has 0 radical (unpaired) electrons. The first-order valence-corrected chi connectivity index (χ1v) is 3.27. The Balaban J connectivity index is 2.36. The fraction of sp³-hybridized carbons (Fsp3) is 0.200. The monoisotopic (exact) mass is 174 g/mol. The van der Waals surface area contributed by atoms with Gasteiger partial charge in [0.2, 0.25) is 0 Å². The number of carbonyl (C=O) groups is 2. The predicted molar refractivity (Wildman–Crippen MR) is 39.1 cm³/mol. The van der Waals surface area contributed by atoms with E-state index >= 15 is 0 Å². The predicted octanol–water partition coefficient (Wildman–Crippen LogP) is -0.765. The minimum atomic E-state index is -0.985. The normalized spacial score (nSPS) is 14.5. The van der Waals surface area contributed by atoms with Crippen molar-refractivity contribution in [1.29, 1.82) is 0 Å². The van der Waals surface area contributed by atoms with Gasteiger partial charge in [0.15, 0.2) is 0 Å². The Kier molecular flexibility index (Phi) is 2.37. The molecule has 60 valence electrons. The molecule has 0 aromatic heterocycles. The van der Waals surface area contributed by atoms with Crippen molar-refractivity contribution >= 4 is 23.7 Å². The SMILES string of the molecule is O=C(S)C(=O)ON1C=CNC1. The molecule has 0 spiro atoms. The van der Waals surface area contributed by atoms with E-state index in [0.717, 1.165) is 0 Å². The topological polar surface area (TPSA) is 58.6 Å². The highest BCUT2D eigenvalue weighted by Crippen LogP contribution is 1.97. The van der Waals surface area contributed by atoms with Crippen LogP contribution in [-0.4, -0.2) is 22.8 Å². The molecule has 0 amide bonds. The molecule has 0 atom stereocenters. The van der Waals surface area contributed by atoms with Crippen LogP contribution >= 0.6 is 12.6 Å². The van der Waals surface area contributed by atoms with Crippen LogP contribution in [0.2, 0.25) is 0 Å². The third kappa shape index (κ3) is 2.15. The van der Waals surface area contributed by atoms with Gasteiger partial charge in [-0.3, -0.25) is 4.79 Å². The fourth-order valence-electron chi connectivity index (χ4n) is 0.539. The van der Waals surface area contributed by atoms with Crippen molar-refractivity contribution in [3.05, 3.63) is 12.4 Å². The summed E-state index contributed by atoms with van der Waals surface area (Å²) in [5, 5.41) is 3.03. The van der Waals surface area contributed by atoms with Gasteiger partial charge in [0.25, 0.3) is 5.12 Å². The number of rotatable bonds is 2. The van der Waals surface area contributed by atoms with E-state index in [4.69, 9.17) is 0 Å². The summed E-state index contributed by atoms with van der Waals surface area (Å²) in [4.78, 5) is 25.3. The molecule has 0 unspecified atom stereocenters. The van der Waals surface area contributed by atoms with Crippen LogP contribution in [0.5, 0.6) is 0 Å². The second-order valence-corrected chi connectivity index (χ2v) is 2.19. The van der Waals surface area contributed by atoms with Crippen molar-refractivity contribution in [3.63, 3.8) is 0 Å². The van der Waals surface area contributed by atoms with Crippen molar-refractivity contribution in [2.24, 2.45) is 0 Å². The maximum absolute atomic E-state index is 10.5. The first-order chi connectivity index (χ1) is 5.20. The van der Waals surface area contributed by atoms with Crippen LogP contribution in [0.25, 0.3) is 0 Å². The summed E-state index contributed by atoms with van der Waals surface area (Å²) in [5.41, 5.74) is 0. The molecule has 5 nitrogen and oxygen atoms in total. The molecule has 1 N–H and O–H groups in total. The Bertz CT molecular complexity index is 216. The molecular formula is C5H6N2O3S. The van der Waals surface area contributed by atoms with Crippen molar-refractivity contribution in [2.75, 3.05) is 6.67 Å². The highest BCUT2D eigenvalue weighted by atomic mass is 32.1. The van der Waals surface area contributed by atoms with Gasteiger partial charge in [-0.15, -0.1) is 0 Å². The molecule has 6 heteroatoms. The summed E-state index contributed by atoms with van der Waals surface area (Å²) >= 11 is 3.28. The van der Waals surface area contributed by atoms with Crippen molar-refractivity contribution in [2.45, 2.75) is 0 Å². The van der Waals surface area contributed by atoms with Crippen LogP contribution in [0.1, 0.15) is 0 Å². The van der Waals surface area contributed by atoms with E-state index in [2.05, 4.69) is 22.8 Å². The van der Waals surface area contributed by atoms with Crippen molar-refractivity contribution in [3.8, 4) is 0 Å². The molecule has 0 bridgehead atoms. The zero-order chi connectivity index (χ0) is 8.27. The van der Waals surface area contributed by atoms with E-state index in [1.54, 1.807) is 6.20 Å².